The molecule has 2 aliphatic carbocycles. The summed E-state index contributed by atoms with van der Waals surface area (Å²) in [5.41, 5.74) is 14.3. The van der Waals surface area contributed by atoms with E-state index < -0.39 is 0 Å². The second-order valence-corrected chi connectivity index (χ2v) is 10.1. The number of hydrogen-bond donors (Lipinski definition) is 2. The Morgan fingerprint density at radius 2 is 1.36 bits per heavy atom. The molecular weight excluding hydrogens is 503 g/mol. The van der Waals surface area contributed by atoms with Crippen LogP contribution in [0.15, 0.2) is 46.5 Å². The molecule has 0 aliphatic heterocycles. The minimum absolute atomic E-state index is 0.140. The van der Waals surface area contributed by atoms with Crippen molar-refractivity contribution in [3.8, 4) is 11.4 Å². The van der Waals surface area contributed by atoms with Gasteiger partial charge in [0.15, 0.2) is 0 Å². The molecule has 4 heterocycles. The molecule has 4 aromatic heterocycles. The van der Waals surface area contributed by atoms with Crippen molar-refractivity contribution >= 4 is 34.6 Å². The lowest BCUT2D eigenvalue weighted by Crippen LogP contribution is -2.21. The Morgan fingerprint density at radius 3 is 1.89 bits per heavy atom. The molecule has 0 radical (unpaired) electrons. The SMILES string of the molecule is Cc1c(-n2cc(Cl)cc(N)c2=O)cnn1C1CC1.Cc1nn(C2CC2)cc1-n1cc(Cl)cc(N)c1=O. The summed E-state index contributed by atoms with van der Waals surface area (Å²) in [6.45, 7) is 3.82. The van der Waals surface area contributed by atoms with Crippen LogP contribution in [0.4, 0.5) is 11.4 Å². The largest absolute Gasteiger partial charge is 0.394 e. The highest BCUT2D eigenvalue weighted by atomic mass is 35.5. The molecule has 4 N–H and O–H groups in total. The van der Waals surface area contributed by atoms with E-state index >= 15 is 0 Å². The first-order valence-corrected chi connectivity index (χ1v) is 12.4. The van der Waals surface area contributed by atoms with Gasteiger partial charge in [0.25, 0.3) is 11.1 Å². The van der Waals surface area contributed by atoms with E-state index in [9.17, 15) is 9.59 Å². The van der Waals surface area contributed by atoms with Crippen LogP contribution in [0.2, 0.25) is 10.0 Å². The van der Waals surface area contributed by atoms with Gasteiger partial charge in [0.05, 0.1) is 62.5 Å². The lowest BCUT2D eigenvalue weighted by atomic mass is 10.3. The van der Waals surface area contributed by atoms with Crippen LogP contribution in [0.25, 0.3) is 11.4 Å². The molecule has 0 unspecified atom stereocenters. The van der Waals surface area contributed by atoms with E-state index in [2.05, 4.69) is 10.2 Å². The predicted octanol–water partition coefficient (Wildman–Crippen LogP) is 3.83. The highest BCUT2D eigenvalue weighted by Crippen LogP contribution is 2.36. The molecule has 2 saturated carbocycles. The summed E-state index contributed by atoms with van der Waals surface area (Å²) in [7, 11) is 0. The molecule has 0 atom stereocenters. The maximum absolute atomic E-state index is 12.0. The molecule has 36 heavy (non-hydrogen) atoms. The van der Waals surface area contributed by atoms with Crippen molar-refractivity contribution in [2.24, 2.45) is 0 Å². The van der Waals surface area contributed by atoms with Crippen molar-refractivity contribution in [1.29, 1.82) is 0 Å². The third-order valence-electron chi connectivity index (χ3n) is 6.27. The topological polar surface area (TPSA) is 132 Å². The summed E-state index contributed by atoms with van der Waals surface area (Å²) in [5.74, 6) is 0. The van der Waals surface area contributed by atoms with Gasteiger partial charge in [-0.15, -0.1) is 0 Å². The Bertz CT molecular complexity index is 1510. The van der Waals surface area contributed by atoms with E-state index in [1.807, 2.05) is 29.4 Å². The number of nitrogen functional groups attached to an aromatic ring is 2. The van der Waals surface area contributed by atoms with Gasteiger partial charge in [0.2, 0.25) is 0 Å². The Kier molecular flexibility index (Phi) is 6.17. The van der Waals surface area contributed by atoms with Crippen LogP contribution < -0.4 is 22.6 Å². The Morgan fingerprint density at radius 1 is 0.833 bits per heavy atom. The summed E-state index contributed by atoms with van der Waals surface area (Å²) in [6, 6.07) is 3.87. The number of halogens is 2. The first-order chi connectivity index (χ1) is 17.1. The van der Waals surface area contributed by atoms with Crippen LogP contribution >= 0.6 is 23.2 Å². The van der Waals surface area contributed by atoms with Gasteiger partial charge in [-0.2, -0.15) is 10.2 Å². The van der Waals surface area contributed by atoms with Gasteiger partial charge in [-0.1, -0.05) is 23.2 Å². The summed E-state index contributed by atoms with van der Waals surface area (Å²) in [5, 5.41) is 9.62. The number of aryl methyl sites for hydroxylation is 1. The van der Waals surface area contributed by atoms with Gasteiger partial charge in [0, 0.05) is 18.6 Å². The smallest absolute Gasteiger partial charge is 0.278 e. The third kappa shape index (κ3) is 4.66. The highest BCUT2D eigenvalue weighted by Gasteiger charge is 2.27. The lowest BCUT2D eigenvalue weighted by Gasteiger charge is -2.07. The molecule has 0 bridgehead atoms. The molecule has 0 spiro atoms. The van der Waals surface area contributed by atoms with Gasteiger partial charge in [0.1, 0.15) is 0 Å². The van der Waals surface area contributed by atoms with Crippen LogP contribution in [-0.4, -0.2) is 28.7 Å². The number of aromatic nitrogens is 6. The fraction of sp³-hybridized carbons (Fsp3) is 0.333. The molecule has 188 valence electrons. The van der Waals surface area contributed by atoms with Crippen molar-refractivity contribution in [2.45, 2.75) is 51.6 Å². The molecular formula is C24H26Cl2N8O2. The quantitative estimate of drug-likeness (QED) is 0.413. The van der Waals surface area contributed by atoms with E-state index in [1.165, 1.54) is 21.3 Å². The molecule has 10 nitrogen and oxygen atoms in total. The van der Waals surface area contributed by atoms with Gasteiger partial charge in [-0.3, -0.25) is 28.1 Å². The predicted molar refractivity (Wildman–Crippen MR) is 141 cm³/mol. The number of nitrogens with zero attached hydrogens (tertiary/aromatic N) is 6. The molecule has 0 aromatic carbocycles. The minimum atomic E-state index is -0.266. The molecule has 6 rings (SSSR count). The zero-order valence-corrected chi connectivity index (χ0v) is 21.4. The van der Waals surface area contributed by atoms with E-state index in [0.717, 1.165) is 48.4 Å². The summed E-state index contributed by atoms with van der Waals surface area (Å²) < 4.78 is 6.78. The first-order valence-electron chi connectivity index (χ1n) is 11.6. The third-order valence-corrected chi connectivity index (χ3v) is 6.68. The molecule has 2 fully saturated rings. The molecule has 2 aliphatic rings. The molecule has 0 amide bonds. The average molecular weight is 529 g/mol. The van der Waals surface area contributed by atoms with Gasteiger partial charge in [-0.05, 0) is 51.7 Å². The van der Waals surface area contributed by atoms with Crippen LogP contribution in [-0.2, 0) is 0 Å². The second kappa shape index (κ2) is 9.18. The van der Waals surface area contributed by atoms with E-state index in [4.69, 9.17) is 34.7 Å². The normalized spacial score (nSPS) is 15.0. The fourth-order valence-corrected chi connectivity index (χ4v) is 4.50. The Balaban J connectivity index is 0.000000148. The van der Waals surface area contributed by atoms with Crippen molar-refractivity contribution in [2.75, 3.05) is 11.5 Å². The Labute approximate surface area is 216 Å². The maximum Gasteiger partial charge on any atom is 0.278 e. The standard InChI is InChI=1S/2C12H13ClN4O/c1-7-11(5-15-17(7)9-2-3-9)16-6-8(13)4-10(14)12(16)18;1-7-11(6-17(15-7)9-2-3-9)16-5-8(13)4-10(14)12(16)18/h2*4-6,9H,2-3,14H2,1H3. The average Bonchev–Trinajstić information content (AvgIpc) is 3.76. The van der Waals surface area contributed by atoms with E-state index in [0.29, 0.717) is 22.1 Å². The monoisotopic (exact) mass is 528 g/mol. The minimum Gasteiger partial charge on any atom is -0.394 e. The number of anilines is 2. The van der Waals surface area contributed by atoms with Crippen molar-refractivity contribution in [1.82, 2.24) is 28.7 Å². The van der Waals surface area contributed by atoms with Crippen LogP contribution in [0.3, 0.4) is 0 Å². The van der Waals surface area contributed by atoms with Crippen LogP contribution in [0, 0.1) is 13.8 Å². The number of hydrogen-bond acceptors (Lipinski definition) is 6. The van der Waals surface area contributed by atoms with E-state index in [-0.39, 0.29) is 22.5 Å². The lowest BCUT2D eigenvalue weighted by molar-refractivity contribution is 0.621. The van der Waals surface area contributed by atoms with Crippen molar-refractivity contribution in [3.63, 3.8) is 0 Å². The summed E-state index contributed by atoms with van der Waals surface area (Å²) >= 11 is 11.9. The number of rotatable bonds is 4. The molecule has 12 heteroatoms. The van der Waals surface area contributed by atoms with Gasteiger partial charge >= 0.3 is 0 Å². The zero-order valence-electron chi connectivity index (χ0n) is 19.9. The summed E-state index contributed by atoms with van der Waals surface area (Å²) in [4.78, 5) is 24.0. The number of nitrogens with two attached hydrogens (primary N) is 2. The van der Waals surface area contributed by atoms with Crippen LogP contribution in [0.5, 0.6) is 0 Å². The van der Waals surface area contributed by atoms with Gasteiger partial charge in [-0.25, -0.2) is 0 Å². The zero-order chi connectivity index (χ0) is 25.7. The number of pyridine rings is 2. The van der Waals surface area contributed by atoms with Crippen molar-refractivity contribution < 1.29 is 0 Å². The highest BCUT2D eigenvalue weighted by molar-refractivity contribution is 6.31. The van der Waals surface area contributed by atoms with E-state index in [1.54, 1.807) is 18.6 Å². The second-order valence-electron chi connectivity index (χ2n) is 9.18. The van der Waals surface area contributed by atoms with Crippen molar-refractivity contribution in [3.05, 3.63) is 79.1 Å². The fourth-order valence-electron chi connectivity index (χ4n) is 4.07. The van der Waals surface area contributed by atoms with Gasteiger partial charge < -0.3 is 11.5 Å². The maximum atomic E-state index is 12.0. The first kappa shape index (κ1) is 24.2. The molecule has 0 saturated heterocycles. The molecule has 4 aromatic rings. The summed E-state index contributed by atoms with van der Waals surface area (Å²) in [6.07, 6.45) is 11.3. The van der Waals surface area contributed by atoms with Crippen LogP contribution in [0.1, 0.15) is 49.2 Å². The Hall–Kier alpha value is -3.50.